The van der Waals surface area contributed by atoms with Gasteiger partial charge in [-0.15, -0.1) is 0 Å². The van der Waals surface area contributed by atoms with Crippen LogP contribution in [0.3, 0.4) is 0 Å². The standard InChI is InChI=1S/C12H18N4O/c13-12(17)10-5-3-6-11(16-10)15-8-9-4-1-2-7-14-9/h3,5-6,9,14H,1-2,4,7-8H2,(H2,13,17)(H,15,16). The summed E-state index contributed by atoms with van der Waals surface area (Å²) in [6.07, 6.45) is 3.71. The molecule has 92 valence electrons. The van der Waals surface area contributed by atoms with Crippen LogP contribution in [0, 0.1) is 0 Å². The first-order chi connectivity index (χ1) is 8.25. The number of nitrogens with one attached hydrogen (secondary N) is 2. The Morgan fingerprint density at radius 2 is 2.41 bits per heavy atom. The molecule has 1 saturated heterocycles. The van der Waals surface area contributed by atoms with Gasteiger partial charge in [0.05, 0.1) is 0 Å². The Hall–Kier alpha value is -1.62. The third-order valence-electron chi connectivity index (χ3n) is 2.94. The van der Waals surface area contributed by atoms with Crippen LogP contribution in [0.5, 0.6) is 0 Å². The zero-order chi connectivity index (χ0) is 12.1. The molecule has 0 aliphatic carbocycles. The summed E-state index contributed by atoms with van der Waals surface area (Å²) in [5, 5.41) is 6.67. The zero-order valence-electron chi connectivity index (χ0n) is 9.78. The smallest absolute Gasteiger partial charge is 0.267 e. The normalized spacial score (nSPS) is 19.9. The lowest BCUT2D eigenvalue weighted by atomic mass is 10.1. The molecule has 1 aliphatic heterocycles. The van der Waals surface area contributed by atoms with E-state index < -0.39 is 5.91 Å². The van der Waals surface area contributed by atoms with Gasteiger partial charge in [0.2, 0.25) is 0 Å². The minimum Gasteiger partial charge on any atom is -0.368 e. The lowest BCUT2D eigenvalue weighted by molar-refractivity contribution is 0.0995. The molecule has 1 aromatic rings. The van der Waals surface area contributed by atoms with Crippen molar-refractivity contribution in [1.82, 2.24) is 10.3 Å². The maximum atomic E-state index is 11.0. The van der Waals surface area contributed by atoms with Gasteiger partial charge in [-0.05, 0) is 31.5 Å². The van der Waals surface area contributed by atoms with Gasteiger partial charge in [0.15, 0.2) is 0 Å². The van der Waals surface area contributed by atoms with Gasteiger partial charge in [0.1, 0.15) is 11.5 Å². The molecule has 1 unspecified atom stereocenters. The van der Waals surface area contributed by atoms with Crippen molar-refractivity contribution < 1.29 is 4.79 Å². The number of hydrogen-bond donors (Lipinski definition) is 3. The molecular formula is C12H18N4O. The first kappa shape index (κ1) is 11.9. The Kier molecular flexibility index (Phi) is 3.93. The van der Waals surface area contributed by atoms with Crippen LogP contribution in [0.15, 0.2) is 18.2 Å². The number of piperidine rings is 1. The highest BCUT2D eigenvalue weighted by molar-refractivity contribution is 5.91. The zero-order valence-corrected chi connectivity index (χ0v) is 9.78. The van der Waals surface area contributed by atoms with Crippen LogP contribution in [0.4, 0.5) is 5.82 Å². The Morgan fingerprint density at radius 3 is 3.12 bits per heavy atom. The van der Waals surface area contributed by atoms with Crippen LogP contribution in [-0.2, 0) is 0 Å². The average molecular weight is 234 g/mol. The molecule has 0 radical (unpaired) electrons. The minimum atomic E-state index is -0.496. The number of pyridine rings is 1. The molecule has 2 rings (SSSR count). The Morgan fingerprint density at radius 1 is 1.53 bits per heavy atom. The van der Waals surface area contributed by atoms with Crippen LogP contribution in [0.1, 0.15) is 29.8 Å². The topological polar surface area (TPSA) is 80.0 Å². The van der Waals surface area contributed by atoms with Crippen molar-refractivity contribution >= 4 is 11.7 Å². The maximum Gasteiger partial charge on any atom is 0.267 e. The molecule has 0 spiro atoms. The van der Waals surface area contributed by atoms with E-state index in [9.17, 15) is 4.79 Å². The lowest BCUT2D eigenvalue weighted by Crippen LogP contribution is -2.39. The third kappa shape index (κ3) is 3.42. The van der Waals surface area contributed by atoms with E-state index >= 15 is 0 Å². The highest BCUT2D eigenvalue weighted by Gasteiger charge is 2.12. The quantitative estimate of drug-likeness (QED) is 0.717. The van der Waals surface area contributed by atoms with Gasteiger partial charge in [-0.1, -0.05) is 12.5 Å². The van der Waals surface area contributed by atoms with Crippen molar-refractivity contribution in [3.05, 3.63) is 23.9 Å². The number of primary amides is 1. The minimum absolute atomic E-state index is 0.298. The number of rotatable bonds is 4. The summed E-state index contributed by atoms with van der Waals surface area (Å²) in [5.74, 6) is 0.207. The number of carbonyl (C=O) groups excluding carboxylic acids is 1. The number of amides is 1. The van der Waals surface area contributed by atoms with Gasteiger partial charge in [-0.2, -0.15) is 0 Å². The van der Waals surface area contributed by atoms with E-state index in [-0.39, 0.29) is 0 Å². The summed E-state index contributed by atoms with van der Waals surface area (Å²) >= 11 is 0. The number of nitrogens with two attached hydrogens (primary N) is 1. The van der Waals surface area contributed by atoms with E-state index in [4.69, 9.17) is 5.73 Å². The fourth-order valence-corrected chi connectivity index (χ4v) is 2.00. The van der Waals surface area contributed by atoms with Crippen LogP contribution < -0.4 is 16.4 Å². The van der Waals surface area contributed by atoms with Crippen LogP contribution >= 0.6 is 0 Å². The Bertz CT molecular complexity index is 388. The van der Waals surface area contributed by atoms with Crippen molar-refractivity contribution in [2.75, 3.05) is 18.4 Å². The Labute approximate surface area is 101 Å². The second-order valence-electron chi connectivity index (χ2n) is 4.30. The molecule has 1 aromatic heterocycles. The average Bonchev–Trinajstić information content (AvgIpc) is 2.38. The monoisotopic (exact) mass is 234 g/mol. The largest absolute Gasteiger partial charge is 0.368 e. The highest BCUT2D eigenvalue weighted by Crippen LogP contribution is 2.09. The second-order valence-corrected chi connectivity index (χ2v) is 4.30. The first-order valence-corrected chi connectivity index (χ1v) is 6.00. The van der Waals surface area contributed by atoms with Gasteiger partial charge in [-0.3, -0.25) is 4.79 Å². The fraction of sp³-hybridized carbons (Fsp3) is 0.500. The van der Waals surface area contributed by atoms with Gasteiger partial charge < -0.3 is 16.4 Å². The summed E-state index contributed by atoms with van der Waals surface area (Å²) in [7, 11) is 0. The van der Waals surface area contributed by atoms with Crippen molar-refractivity contribution in [1.29, 1.82) is 0 Å². The summed E-state index contributed by atoms with van der Waals surface area (Å²) in [6, 6.07) is 5.73. The third-order valence-corrected chi connectivity index (χ3v) is 2.94. The summed E-state index contributed by atoms with van der Waals surface area (Å²) in [4.78, 5) is 15.1. The van der Waals surface area contributed by atoms with Crippen molar-refractivity contribution in [3.8, 4) is 0 Å². The van der Waals surface area contributed by atoms with E-state index in [1.54, 1.807) is 12.1 Å². The van der Waals surface area contributed by atoms with E-state index in [0.29, 0.717) is 17.6 Å². The van der Waals surface area contributed by atoms with Gasteiger partial charge in [0, 0.05) is 12.6 Å². The summed E-state index contributed by atoms with van der Waals surface area (Å²) < 4.78 is 0. The molecule has 17 heavy (non-hydrogen) atoms. The predicted molar refractivity (Wildman–Crippen MR) is 66.9 cm³/mol. The molecule has 5 nitrogen and oxygen atoms in total. The molecule has 1 aliphatic rings. The summed E-state index contributed by atoms with van der Waals surface area (Å²) in [5.41, 5.74) is 5.48. The molecular weight excluding hydrogens is 216 g/mol. The number of nitrogens with zero attached hydrogens (tertiary/aromatic N) is 1. The van der Waals surface area contributed by atoms with Gasteiger partial charge in [-0.25, -0.2) is 4.98 Å². The van der Waals surface area contributed by atoms with E-state index in [1.807, 2.05) is 6.07 Å². The molecule has 5 heteroatoms. The number of aromatic nitrogens is 1. The molecule has 0 saturated carbocycles. The van der Waals surface area contributed by atoms with Crippen molar-refractivity contribution in [2.24, 2.45) is 5.73 Å². The molecule has 4 N–H and O–H groups in total. The van der Waals surface area contributed by atoms with Crippen LogP contribution in [0.25, 0.3) is 0 Å². The Balaban J connectivity index is 1.89. The number of carbonyl (C=O) groups is 1. The van der Waals surface area contributed by atoms with Gasteiger partial charge in [0.25, 0.3) is 5.91 Å². The van der Waals surface area contributed by atoms with E-state index in [2.05, 4.69) is 15.6 Å². The highest BCUT2D eigenvalue weighted by atomic mass is 16.1. The SMILES string of the molecule is NC(=O)c1cccc(NCC2CCCCN2)n1. The molecule has 1 fully saturated rings. The van der Waals surface area contributed by atoms with Gasteiger partial charge >= 0.3 is 0 Å². The molecule has 0 bridgehead atoms. The predicted octanol–water partition coefficient (Wildman–Crippen LogP) is 0.734. The molecule has 0 aromatic carbocycles. The van der Waals surface area contributed by atoms with E-state index in [1.165, 1.54) is 19.3 Å². The lowest BCUT2D eigenvalue weighted by Gasteiger charge is -2.23. The molecule has 1 amide bonds. The number of hydrogen-bond acceptors (Lipinski definition) is 4. The van der Waals surface area contributed by atoms with Crippen LogP contribution in [0.2, 0.25) is 0 Å². The van der Waals surface area contributed by atoms with Crippen LogP contribution in [-0.4, -0.2) is 30.0 Å². The van der Waals surface area contributed by atoms with Crippen molar-refractivity contribution in [2.45, 2.75) is 25.3 Å². The molecule has 2 heterocycles. The number of anilines is 1. The summed E-state index contributed by atoms with van der Waals surface area (Å²) in [6.45, 7) is 1.91. The first-order valence-electron chi connectivity index (χ1n) is 6.00. The maximum absolute atomic E-state index is 11.0. The van der Waals surface area contributed by atoms with Crippen molar-refractivity contribution in [3.63, 3.8) is 0 Å². The fourth-order valence-electron chi connectivity index (χ4n) is 2.00. The second kappa shape index (κ2) is 5.63. The van der Waals surface area contributed by atoms with E-state index in [0.717, 1.165) is 13.1 Å². The molecule has 1 atom stereocenters.